The molecule has 13 heavy (non-hydrogen) atoms. The summed E-state index contributed by atoms with van der Waals surface area (Å²) in [4.78, 5) is 15.5. The fourth-order valence-electron chi connectivity index (χ4n) is 1.04. The number of carbonyl (C=O) groups excluding carboxylic acids is 1. The van der Waals surface area contributed by atoms with Crippen molar-refractivity contribution in [1.29, 1.82) is 0 Å². The van der Waals surface area contributed by atoms with Gasteiger partial charge in [0.15, 0.2) is 5.13 Å². The summed E-state index contributed by atoms with van der Waals surface area (Å²) in [6.45, 7) is 2.58. The number of aromatic nitrogens is 1. The van der Waals surface area contributed by atoms with E-state index in [1.807, 2.05) is 12.3 Å². The molecule has 0 radical (unpaired) electrons. The second-order valence-electron chi connectivity index (χ2n) is 2.93. The van der Waals surface area contributed by atoms with Crippen molar-refractivity contribution < 1.29 is 9.53 Å². The van der Waals surface area contributed by atoms with Crippen molar-refractivity contribution in [3.8, 4) is 0 Å². The molecule has 1 atom stereocenters. The van der Waals surface area contributed by atoms with Crippen molar-refractivity contribution in [3.05, 3.63) is 11.1 Å². The van der Waals surface area contributed by atoms with E-state index in [1.54, 1.807) is 0 Å². The first-order valence-electron chi connectivity index (χ1n) is 4.10. The van der Waals surface area contributed by atoms with Crippen molar-refractivity contribution in [3.63, 3.8) is 0 Å². The molecule has 1 aliphatic rings. The largest absolute Gasteiger partial charge is 0.368 e. The van der Waals surface area contributed by atoms with Gasteiger partial charge in [0, 0.05) is 11.8 Å². The number of anilines is 1. The molecule has 1 aliphatic heterocycles. The van der Waals surface area contributed by atoms with Crippen LogP contribution >= 0.6 is 11.3 Å². The Bertz CT molecular complexity index is 320. The molecule has 1 N–H and O–H groups in total. The van der Waals surface area contributed by atoms with E-state index in [9.17, 15) is 4.79 Å². The average molecular weight is 198 g/mol. The molecule has 0 aromatic carbocycles. The first-order valence-corrected chi connectivity index (χ1v) is 4.98. The molecule has 5 heteroatoms. The molecular formula is C8H10N2O2S. The Labute approximate surface area is 79.9 Å². The summed E-state index contributed by atoms with van der Waals surface area (Å²) < 4.78 is 5.04. The van der Waals surface area contributed by atoms with E-state index in [0.29, 0.717) is 11.7 Å². The van der Waals surface area contributed by atoms with Crippen LogP contribution in [0.1, 0.15) is 12.1 Å². The zero-order valence-corrected chi connectivity index (χ0v) is 8.06. The number of aryl methyl sites for hydroxylation is 1. The van der Waals surface area contributed by atoms with Gasteiger partial charge in [-0.05, 0) is 6.92 Å². The molecular weight excluding hydrogens is 188 g/mol. The molecule has 1 unspecified atom stereocenters. The molecule has 1 aromatic rings. The van der Waals surface area contributed by atoms with E-state index in [2.05, 4.69) is 10.3 Å². The molecule has 0 aliphatic carbocycles. The fourth-order valence-corrected chi connectivity index (χ4v) is 1.73. The minimum Gasteiger partial charge on any atom is -0.368 e. The molecule has 1 saturated heterocycles. The van der Waals surface area contributed by atoms with Crippen LogP contribution in [-0.2, 0) is 9.53 Å². The van der Waals surface area contributed by atoms with Gasteiger partial charge in [0.05, 0.1) is 12.3 Å². The quantitative estimate of drug-likeness (QED) is 0.776. The van der Waals surface area contributed by atoms with Gasteiger partial charge in [-0.25, -0.2) is 4.98 Å². The Morgan fingerprint density at radius 3 is 3.08 bits per heavy atom. The minimum absolute atomic E-state index is 0.0828. The van der Waals surface area contributed by atoms with Gasteiger partial charge >= 0.3 is 0 Å². The van der Waals surface area contributed by atoms with Crippen LogP contribution in [0.4, 0.5) is 5.13 Å². The Balaban J connectivity index is 1.93. The summed E-state index contributed by atoms with van der Waals surface area (Å²) in [7, 11) is 0. The SMILES string of the molecule is Cc1csc(NC(=O)C2CCO2)n1. The van der Waals surface area contributed by atoms with Crippen LogP contribution in [0.15, 0.2) is 5.38 Å². The summed E-state index contributed by atoms with van der Waals surface area (Å²) >= 11 is 1.43. The van der Waals surface area contributed by atoms with Crippen LogP contribution in [0.5, 0.6) is 0 Å². The van der Waals surface area contributed by atoms with Gasteiger partial charge in [-0.1, -0.05) is 0 Å². The van der Waals surface area contributed by atoms with Gasteiger partial charge in [-0.3, -0.25) is 10.1 Å². The predicted octanol–water partition coefficient (Wildman–Crippen LogP) is 1.18. The number of nitrogens with zero attached hydrogens (tertiary/aromatic N) is 1. The lowest BCUT2D eigenvalue weighted by Crippen LogP contribution is -2.38. The summed E-state index contributed by atoms with van der Waals surface area (Å²) in [5.74, 6) is -0.0828. The van der Waals surface area contributed by atoms with Crippen LogP contribution in [-0.4, -0.2) is 23.6 Å². The number of thiazole rings is 1. The normalized spacial score (nSPS) is 20.8. The number of carbonyl (C=O) groups is 1. The van der Waals surface area contributed by atoms with Gasteiger partial charge in [-0.2, -0.15) is 0 Å². The molecule has 0 bridgehead atoms. The molecule has 1 aromatic heterocycles. The highest BCUT2D eigenvalue weighted by molar-refractivity contribution is 7.13. The molecule has 70 valence electrons. The molecule has 0 spiro atoms. The van der Waals surface area contributed by atoms with Gasteiger partial charge in [-0.15, -0.1) is 11.3 Å². The predicted molar refractivity (Wildman–Crippen MR) is 49.8 cm³/mol. The molecule has 1 amide bonds. The maximum atomic E-state index is 11.3. The highest BCUT2D eigenvalue weighted by atomic mass is 32.1. The van der Waals surface area contributed by atoms with E-state index in [1.165, 1.54) is 11.3 Å². The number of amides is 1. The van der Waals surface area contributed by atoms with Crippen LogP contribution in [0, 0.1) is 6.92 Å². The highest BCUT2D eigenvalue weighted by Gasteiger charge is 2.26. The second-order valence-corrected chi connectivity index (χ2v) is 3.79. The highest BCUT2D eigenvalue weighted by Crippen LogP contribution is 2.17. The van der Waals surface area contributed by atoms with Crippen molar-refractivity contribution in [2.75, 3.05) is 11.9 Å². The Morgan fingerprint density at radius 1 is 1.85 bits per heavy atom. The van der Waals surface area contributed by atoms with Crippen LogP contribution in [0.2, 0.25) is 0 Å². The lowest BCUT2D eigenvalue weighted by molar-refractivity contribution is -0.139. The first-order chi connectivity index (χ1) is 6.25. The maximum absolute atomic E-state index is 11.3. The van der Waals surface area contributed by atoms with Gasteiger partial charge in [0.25, 0.3) is 5.91 Å². The van der Waals surface area contributed by atoms with Gasteiger partial charge in [0.1, 0.15) is 6.10 Å². The van der Waals surface area contributed by atoms with Crippen molar-refractivity contribution in [2.45, 2.75) is 19.4 Å². The van der Waals surface area contributed by atoms with E-state index < -0.39 is 0 Å². The third-order valence-electron chi connectivity index (χ3n) is 1.84. The number of ether oxygens (including phenoxy) is 1. The molecule has 4 nitrogen and oxygen atoms in total. The van der Waals surface area contributed by atoms with Gasteiger partial charge in [0.2, 0.25) is 0 Å². The number of rotatable bonds is 2. The third kappa shape index (κ3) is 1.87. The van der Waals surface area contributed by atoms with Crippen molar-refractivity contribution >= 4 is 22.4 Å². The smallest absolute Gasteiger partial charge is 0.255 e. The monoisotopic (exact) mass is 198 g/mol. The Morgan fingerprint density at radius 2 is 2.62 bits per heavy atom. The Kier molecular flexibility index (Phi) is 2.28. The van der Waals surface area contributed by atoms with Crippen LogP contribution < -0.4 is 5.32 Å². The maximum Gasteiger partial charge on any atom is 0.255 e. The average Bonchev–Trinajstić information content (AvgIpc) is 2.31. The third-order valence-corrected chi connectivity index (χ3v) is 2.72. The lowest BCUT2D eigenvalue weighted by Gasteiger charge is -2.24. The lowest BCUT2D eigenvalue weighted by atomic mass is 10.2. The first kappa shape index (κ1) is 8.65. The summed E-state index contributed by atoms with van der Waals surface area (Å²) in [5, 5.41) is 5.26. The van der Waals surface area contributed by atoms with Gasteiger partial charge < -0.3 is 4.74 Å². The van der Waals surface area contributed by atoms with E-state index >= 15 is 0 Å². The topological polar surface area (TPSA) is 51.2 Å². The molecule has 1 fully saturated rings. The molecule has 0 saturated carbocycles. The standard InChI is InChI=1S/C8H10N2O2S/c1-5-4-13-8(9-5)10-7(11)6-2-3-12-6/h4,6H,2-3H2,1H3,(H,9,10,11). The molecule has 2 rings (SSSR count). The number of nitrogens with one attached hydrogen (secondary N) is 1. The number of hydrogen-bond donors (Lipinski definition) is 1. The van der Waals surface area contributed by atoms with E-state index in [0.717, 1.165) is 12.1 Å². The van der Waals surface area contributed by atoms with Crippen LogP contribution in [0.25, 0.3) is 0 Å². The minimum atomic E-state index is -0.260. The second kappa shape index (κ2) is 3.43. The van der Waals surface area contributed by atoms with Crippen molar-refractivity contribution in [2.24, 2.45) is 0 Å². The summed E-state index contributed by atoms with van der Waals surface area (Å²) in [6, 6.07) is 0. The molecule has 2 heterocycles. The van der Waals surface area contributed by atoms with E-state index in [-0.39, 0.29) is 12.0 Å². The summed E-state index contributed by atoms with van der Waals surface area (Å²) in [6.07, 6.45) is 0.556. The zero-order chi connectivity index (χ0) is 9.26. The summed E-state index contributed by atoms with van der Waals surface area (Å²) in [5.41, 5.74) is 0.926. The fraction of sp³-hybridized carbons (Fsp3) is 0.500. The zero-order valence-electron chi connectivity index (χ0n) is 7.24. The van der Waals surface area contributed by atoms with Crippen LogP contribution in [0.3, 0.4) is 0 Å². The van der Waals surface area contributed by atoms with Crippen molar-refractivity contribution in [1.82, 2.24) is 4.98 Å². The number of hydrogen-bond acceptors (Lipinski definition) is 4. The van der Waals surface area contributed by atoms with E-state index in [4.69, 9.17) is 4.74 Å². The Hall–Kier alpha value is -0.940.